The summed E-state index contributed by atoms with van der Waals surface area (Å²) in [5.74, 6) is -0.400. The first-order valence-corrected chi connectivity index (χ1v) is 5.93. The van der Waals surface area contributed by atoms with E-state index in [1.165, 1.54) is 11.0 Å². The van der Waals surface area contributed by atoms with Gasteiger partial charge in [-0.3, -0.25) is 14.9 Å². The van der Waals surface area contributed by atoms with Crippen molar-refractivity contribution in [3.05, 3.63) is 39.4 Å². The molecular formula is C13H15N3O3. The third-order valence-corrected chi connectivity index (χ3v) is 2.82. The highest BCUT2D eigenvalue weighted by molar-refractivity contribution is 5.99. The van der Waals surface area contributed by atoms with Crippen LogP contribution in [0.3, 0.4) is 0 Å². The van der Waals surface area contributed by atoms with Crippen molar-refractivity contribution in [3.8, 4) is 6.07 Å². The SMILES string of the molecule is CCN(CCC#N)C(=O)c1c(C)cccc1[N+](=O)[O-]. The summed E-state index contributed by atoms with van der Waals surface area (Å²) in [5.41, 5.74) is 0.474. The highest BCUT2D eigenvalue weighted by atomic mass is 16.6. The maximum Gasteiger partial charge on any atom is 0.282 e. The Hall–Kier alpha value is -2.42. The fraction of sp³-hybridized carbons (Fsp3) is 0.385. The number of benzene rings is 1. The molecule has 0 aliphatic rings. The Kier molecular flexibility index (Phi) is 5.01. The largest absolute Gasteiger partial charge is 0.338 e. The molecule has 0 saturated heterocycles. The second kappa shape index (κ2) is 6.50. The molecule has 0 spiro atoms. The van der Waals surface area contributed by atoms with Gasteiger partial charge in [-0.05, 0) is 19.4 Å². The molecular weight excluding hydrogens is 246 g/mol. The van der Waals surface area contributed by atoms with E-state index in [2.05, 4.69) is 0 Å². The van der Waals surface area contributed by atoms with Gasteiger partial charge in [0.25, 0.3) is 11.6 Å². The number of hydrogen-bond donors (Lipinski definition) is 0. The van der Waals surface area contributed by atoms with Gasteiger partial charge in [-0.25, -0.2) is 0 Å². The van der Waals surface area contributed by atoms with Crippen LogP contribution in [0.4, 0.5) is 5.69 Å². The number of aryl methyl sites for hydroxylation is 1. The molecule has 0 bridgehead atoms. The molecule has 1 aromatic carbocycles. The minimum Gasteiger partial charge on any atom is -0.338 e. The molecule has 0 aliphatic heterocycles. The fourth-order valence-corrected chi connectivity index (χ4v) is 1.83. The summed E-state index contributed by atoms with van der Waals surface area (Å²) in [6.07, 6.45) is 0.208. The van der Waals surface area contributed by atoms with E-state index >= 15 is 0 Å². The number of nitrogens with zero attached hydrogens (tertiary/aromatic N) is 3. The third kappa shape index (κ3) is 3.28. The molecule has 1 rings (SSSR count). The van der Waals surface area contributed by atoms with Gasteiger partial charge in [0.05, 0.1) is 17.4 Å². The van der Waals surface area contributed by atoms with Crippen molar-refractivity contribution in [1.29, 1.82) is 5.26 Å². The molecule has 0 fully saturated rings. The Morgan fingerprint density at radius 2 is 2.21 bits per heavy atom. The van der Waals surface area contributed by atoms with Gasteiger partial charge < -0.3 is 4.90 Å². The molecule has 0 aliphatic carbocycles. The van der Waals surface area contributed by atoms with E-state index in [1.807, 2.05) is 6.07 Å². The van der Waals surface area contributed by atoms with Crippen LogP contribution in [-0.4, -0.2) is 28.8 Å². The van der Waals surface area contributed by atoms with E-state index in [0.29, 0.717) is 12.1 Å². The van der Waals surface area contributed by atoms with Gasteiger partial charge in [0.15, 0.2) is 0 Å². The second-order valence-corrected chi connectivity index (χ2v) is 4.02. The number of nitriles is 1. The smallest absolute Gasteiger partial charge is 0.282 e. The van der Waals surface area contributed by atoms with Gasteiger partial charge >= 0.3 is 0 Å². The number of carbonyl (C=O) groups excluding carboxylic acids is 1. The van der Waals surface area contributed by atoms with Crippen molar-refractivity contribution in [2.45, 2.75) is 20.3 Å². The Morgan fingerprint density at radius 1 is 1.53 bits per heavy atom. The zero-order valence-corrected chi connectivity index (χ0v) is 10.9. The first-order chi connectivity index (χ1) is 9.02. The summed E-state index contributed by atoms with van der Waals surface area (Å²) in [6.45, 7) is 4.13. The zero-order valence-electron chi connectivity index (χ0n) is 10.9. The van der Waals surface area contributed by atoms with E-state index in [9.17, 15) is 14.9 Å². The fourth-order valence-electron chi connectivity index (χ4n) is 1.83. The summed E-state index contributed by atoms with van der Waals surface area (Å²) in [6, 6.07) is 6.50. The Morgan fingerprint density at radius 3 is 2.74 bits per heavy atom. The van der Waals surface area contributed by atoms with Crippen molar-refractivity contribution in [1.82, 2.24) is 4.90 Å². The molecule has 0 aromatic heterocycles. The standard InChI is InChI=1S/C13H15N3O3/c1-3-15(9-5-8-14)13(17)12-10(2)6-4-7-11(12)16(18)19/h4,6-7H,3,5,9H2,1-2H3. The van der Waals surface area contributed by atoms with Gasteiger partial charge in [-0.1, -0.05) is 12.1 Å². The molecule has 0 radical (unpaired) electrons. The van der Waals surface area contributed by atoms with Crippen LogP contribution in [0.25, 0.3) is 0 Å². The average molecular weight is 261 g/mol. The van der Waals surface area contributed by atoms with Crippen LogP contribution in [0.1, 0.15) is 29.3 Å². The zero-order chi connectivity index (χ0) is 14.4. The van der Waals surface area contributed by atoms with Gasteiger partial charge in [-0.2, -0.15) is 5.26 Å². The highest BCUT2D eigenvalue weighted by Gasteiger charge is 2.25. The van der Waals surface area contributed by atoms with E-state index in [1.54, 1.807) is 26.0 Å². The minimum atomic E-state index is -0.557. The van der Waals surface area contributed by atoms with E-state index in [0.717, 1.165) is 0 Å². The Bertz CT molecular complexity index is 534. The van der Waals surface area contributed by atoms with Crippen molar-refractivity contribution in [2.24, 2.45) is 0 Å². The van der Waals surface area contributed by atoms with Crippen LogP contribution in [0.5, 0.6) is 0 Å². The molecule has 1 aromatic rings. The maximum atomic E-state index is 12.3. The summed E-state index contributed by atoms with van der Waals surface area (Å²) < 4.78 is 0. The number of nitro groups is 1. The molecule has 0 heterocycles. The molecule has 0 atom stereocenters. The summed E-state index contributed by atoms with van der Waals surface area (Å²) >= 11 is 0. The lowest BCUT2D eigenvalue weighted by atomic mass is 10.1. The predicted molar refractivity (Wildman–Crippen MR) is 69.6 cm³/mol. The van der Waals surface area contributed by atoms with Crippen LogP contribution in [0, 0.1) is 28.4 Å². The number of amides is 1. The lowest BCUT2D eigenvalue weighted by Crippen LogP contribution is -2.32. The Balaban J connectivity index is 3.17. The number of carbonyl (C=O) groups is 1. The van der Waals surface area contributed by atoms with E-state index in [-0.39, 0.29) is 24.2 Å². The second-order valence-electron chi connectivity index (χ2n) is 4.02. The quantitative estimate of drug-likeness (QED) is 0.601. The molecule has 0 N–H and O–H groups in total. The van der Waals surface area contributed by atoms with Gasteiger partial charge in [0.1, 0.15) is 5.56 Å². The minimum absolute atomic E-state index is 0.104. The predicted octanol–water partition coefficient (Wildman–Crippen LogP) is 2.28. The van der Waals surface area contributed by atoms with Crippen molar-refractivity contribution in [3.63, 3.8) is 0 Å². The summed E-state index contributed by atoms with van der Waals surface area (Å²) in [7, 11) is 0. The van der Waals surface area contributed by atoms with Crippen molar-refractivity contribution >= 4 is 11.6 Å². The van der Waals surface area contributed by atoms with Gasteiger partial charge in [0.2, 0.25) is 0 Å². The summed E-state index contributed by atoms with van der Waals surface area (Å²) in [5, 5.41) is 19.6. The Labute approximate surface area is 111 Å². The van der Waals surface area contributed by atoms with Crippen LogP contribution in [-0.2, 0) is 0 Å². The normalized spacial score (nSPS) is 9.74. The lowest BCUT2D eigenvalue weighted by Gasteiger charge is -2.20. The van der Waals surface area contributed by atoms with Gasteiger partial charge in [-0.15, -0.1) is 0 Å². The number of nitro benzene ring substituents is 1. The monoisotopic (exact) mass is 261 g/mol. The molecule has 19 heavy (non-hydrogen) atoms. The average Bonchev–Trinajstić information content (AvgIpc) is 2.38. The topological polar surface area (TPSA) is 87.2 Å². The summed E-state index contributed by atoms with van der Waals surface area (Å²) in [4.78, 5) is 24.2. The van der Waals surface area contributed by atoms with Crippen LogP contribution < -0.4 is 0 Å². The maximum absolute atomic E-state index is 12.3. The molecule has 100 valence electrons. The first kappa shape index (κ1) is 14.6. The molecule has 6 nitrogen and oxygen atoms in total. The molecule has 0 unspecified atom stereocenters. The van der Waals surface area contributed by atoms with Crippen LogP contribution in [0.15, 0.2) is 18.2 Å². The first-order valence-electron chi connectivity index (χ1n) is 5.93. The number of hydrogen-bond acceptors (Lipinski definition) is 4. The van der Waals surface area contributed by atoms with Crippen LogP contribution in [0.2, 0.25) is 0 Å². The van der Waals surface area contributed by atoms with Gasteiger partial charge in [0, 0.05) is 19.2 Å². The number of rotatable bonds is 5. The third-order valence-electron chi connectivity index (χ3n) is 2.82. The van der Waals surface area contributed by atoms with Crippen LogP contribution >= 0.6 is 0 Å². The lowest BCUT2D eigenvalue weighted by molar-refractivity contribution is -0.385. The highest BCUT2D eigenvalue weighted by Crippen LogP contribution is 2.23. The van der Waals surface area contributed by atoms with Crippen molar-refractivity contribution in [2.75, 3.05) is 13.1 Å². The van der Waals surface area contributed by atoms with Crippen molar-refractivity contribution < 1.29 is 9.72 Å². The molecule has 6 heteroatoms. The molecule has 1 amide bonds. The van der Waals surface area contributed by atoms with E-state index in [4.69, 9.17) is 5.26 Å². The molecule has 0 saturated carbocycles. The van der Waals surface area contributed by atoms with E-state index < -0.39 is 10.8 Å².